The second-order valence-corrected chi connectivity index (χ2v) is 5.92. The molecule has 0 aromatic carbocycles. The Kier molecular flexibility index (Phi) is 7.44. The van der Waals surface area contributed by atoms with Gasteiger partial charge in [-0.1, -0.05) is 0 Å². The lowest BCUT2D eigenvalue weighted by molar-refractivity contribution is -0.130. The van der Waals surface area contributed by atoms with Gasteiger partial charge in [-0.2, -0.15) is 0 Å². The van der Waals surface area contributed by atoms with Crippen molar-refractivity contribution in [2.75, 3.05) is 33.2 Å². The zero-order valence-electron chi connectivity index (χ0n) is 12.8. The molecule has 0 bridgehead atoms. The lowest BCUT2D eigenvalue weighted by atomic mass is 10.3. The molecule has 1 aromatic rings. The van der Waals surface area contributed by atoms with Crippen molar-refractivity contribution >= 4 is 47.2 Å². The molecule has 1 N–H and O–H groups in total. The van der Waals surface area contributed by atoms with Crippen molar-refractivity contribution in [2.24, 2.45) is 4.99 Å². The average molecular weight is 422 g/mol. The fourth-order valence-electron chi connectivity index (χ4n) is 2.31. The fraction of sp³-hybridized carbons (Fsp3) is 0.571. The zero-order valence-corrected chi connectivity index (χ0v) is 15.9. The van der Waals surface area contributed by atoms with Gasteiger partial charge in [-0.25, -0.2) is 0 Å². The minimum Gasteiger partial charge on any atom is -0.351 e. The predicted octanol–water partition coefficient (Wildman–Crippen LogP) is 1.91. The molecule has 0 unspecified atom stereocenters. The molecular formula is C14H23IN4OS. The van der Waals surface area contributed by atoms with E-state index in [1.54, 1.807) is 25.3 Å². The summed E-state index contributed by atoms with van der Waals surface area (Å²) in [6.07, 6.45) is 0. The fourth-order valence-corrected chi connectivity index (χ4v) is 3.16. The molecule has 21 heavy (non-hydrogen) atoms. The highest BCUT2D eigenvalue weighted by atomic mass is 127. The number of rotatable bonds is 2. The highest BCUT2D eigenvalue weighted by molar-refractivity contribution is 14.0. The van der Waals surface area contributed by atoms with Crippen molar-refractivity contribution < 1.29 is 4.79 Å². The number of hydrogen-bond donors (Lipinski definition) is 1. The molecule has 1 aliphatic heterocycles. The molecule has 7 heteroatoms. The highest BCUT2D eigenvalue weighted by Gasteiger charge is 2.20. The van der Waals surface area contributed by atoms with E-state index in [0.29, 0.717) is 0 Å². The van der Waals surface area contributed by atoms with Gasteiger partial charge in [0.2, 0.25) is 5.91 Å². The zero-order chi connectivity index (χ0) is 14.5. The third kappa shape index (κ3) is 4.84. The first-order valence-corrected chi connectivity index (χ1v) is 7.74. The number of halogens is 1. The van der Waals surface area contributed by atoms with Gasteiger partial charge in [0.05, 0.1) is 6.54 Å². The van der Waals surface area contributed by atoms with Crippen LogP contribution in [0.1, 0.15) is 17.4 Å². The molecule has 0 radical (unpaired) electrons. The maximum Gasteiger partial charge on any atom is 0.219 e. The van der Waals surface area contributed by atoms with E-state index in [2.05, 4.69) is 33.6 Å². The van der Waals surface area contributed by atoms with Gasteiger partial charge in [0.1, 0.15) is 0 Å². The number of guanidine groups is 1. The maximum absolute atomic E-state index is 11.3. The van der Waals surface area contributed by atoms with Crippen LogP contribution in [0.25, 0.3) is 0 Å². The van der Waals surface area contributed by atoms with E-state index in [1.165, 1.54) is 10.4 Å². The SMILES string of the molecule is CN=C(NCc1sccc1C)N1CCN(C(C)=O)CC1.I. The van der Waals surface area contributed by atoms with Gasteiger partial charge in [0, 0.05) is 45.0 Å². The molecule has 0 saturated carbocycles. The van der Waals surface area contributed by atoms with Crippen molar-refractivity contribution in [2.45, 2.75) is 20.4 Å². The number of nitrogens with zero attached hydrogens (tertiary/aromatic N) is 3. The highest BCUT2D eigenvalue weighted by Crippen LogP contribution is 2.15. The monoisotopic (exact) mass is 422 g/mol. The van der Waals surface area contributed by atoms with Crippen LogP contribution in [-0.4, -0.2) is 54.9 Å². The summed E-state index contributed by atoms with van der Waals surface area (Å²) in [5, 5.41) is 5.52. The van der Waals surface area contributed by atoms with Crippen LogP contribution in [0.15, 0.2) is 16.4 Å². The third-order valence-corrected chi connectivity index (χ3v) is 4.63. The van der Waals surface area contributed by atoms with E-state index in [4.69, 9.17) is 0 Å². The van der Waals surface area contributed by atoms with Gasteiger partial charge in [-0.05, 0) is 23.9 Å². The Morgan fingerprint density at radius 3 is 2.43 bits per heavy atom. The number of aliphatic imine (C=N–C) groups is 1. The van der Waals surface area contributed by atoms with Crippen molar-refractivity contribution in [3.63, 3.8) is 0 Å². The van der Waals surface area contributed by atoms with Crippen molar-refractivity contribution in [3.8, 4) is 0 Å². The van der Waals surface area contributed by atoms with E-state index in [0.717, 1.165) is 38.7 Å². The Balaban J connectivity index is 0.00000220. The number of piperazine rings is 1. The first-order chi connectivity index (χ1) is 9.61. The summed E-state index contributed by atoms with van der Waals surface area (Å²) in [5.74, 6) is 1.07. The van der Waals surface area contributed by atoms with Crippen molar-refractivity contribution in [3.05, 3.63) is 21.9 Å². The quantitative estimate of drug-likeness (QED) is 0.450. The second-order valence-electron chi connectivity index (χ2n) is 4.92. The smallest absolute Gasteiger partial charge is 0.219 e. The topological polar surface area (TPSA) is 47.9 Å². The Morgan fingerprint density at radius 2 is 1.95 bits per heavy atom. The molecule has 0 atom stereocenters. The maximum atomic E-state index is 11.3. The molecule has 118 valence electrons. The van der Waals surface area contributed by atoms with E-state index < -0.39 is 0 Å². The van der Waals surface area contributed by atoms with Gasteiger partial charge < -0.3 is 15.1 Å². The summed E-state index contributed by atoms with van der Waals surface area (Å²) in [5.41, 5.74) is 1.32. The largest absolute Gasteiger partial charge is 0.351 e. The summed E-state index contributed by atoms with van der Waals surface area (Å²) >= 11 is 1.76. The predicted molar refractivity (Wildman–Crippen MR) is 98.5 cm³/mol. The Morgan fingerprint density at radius 1 is 1.33 bits per heavy atom. The molecule has 1 aliphatic rings. The van der Waals surface area contributed by atoms with Gasteiger partial charge in [0.15, 0.2) is 5.96 Å². The molecule has 1 saturated heterocycles. The van der Waals surface area contributed by atoms with E-state index >= 15 is 0 Å². The van der Waals surface area contributed by atoms with Crippen LogP contribution < -0.4 is 5.32 Å². The van der Waals surface area contributed by atoms with Crippen LogP contribution in [0.3, 0.4) is 0 Å². The summed E-state index contributed by atoms with van der Waals surface area (Å²) in [6, 6.07) is 2.13. The first kappa shape index (κ1) is 18.2. The van der Waals surface area contributed by atoms with Gasteiger partial charge in [-0.3, -0.25) is 9.79 Å². The number of aryl methyl sites for hydroxylation is 1. The first-order valence-electron chi connectivity index (χ1n) is 6.86. The molecule has 2 rings (SSSR count). The third-order valence-electron chi connectivity index (χ3n) is 3.61. The van der Waals surface area contributed by atoms with Gasteiger partial charge in [-0.15, -0.1) is 35.3 Å². The average Bonchev–Trinajstić information content (AvgIpc) is 2.85. The van der Waals surface area contributed by atoms with Crippen LogP contribution in [0.2, 0.25) is 0 Å². The van der Waals surface area contributed by atoms with Crippen LogP contribution in [-0.2, 0) is 11.3 Å². The van der Waals surface area contributed by atoms with E-state index in [-0.39, 0.29) is 29.9 Å². The van der Waals surface area contributed by atoms with Crippen LogP contribution >= 0.6 is 35.3 Å². The Hall–Kier alpha value is -0.830. The molecule has 5 nitrogen and oxygen atoms in total. The standard InChI is InChI=1S/C14H22N4OS.HI/c1-11-4-9-20-13(11)10-16-14(15-3)18-7-5-17(6-8-18)12(2)19;/h4,9H,5-8,10H2,1-3H3,(H,15,16);1H. The van der Waals surface area contributed by atoms with E-state index in [1.807, 2.05) is 4.90 Å². The molecule has 1 fully saturated rings. The molecule has 0 spiro atoms. The van der Waals surface area contributed by atoms with Crippen LogP contribution in [0.5, 0.6) is 0 Å². The number of carbonyl (C=O) groups is 1. The lowest BCUT2D eigenvalue weighted by Crippen LogP contribution is -2.53. The van der Waals surface area contributed by atoms with Crippen LogP contribution in [0.4, 0.5) is 0 Å². The number of carbonyl (C=O) groups excluding carboxylic acids is 1. The summed E-state index contributed by atoms with van der Waals surface area (Å²) in [6.45, 7) is 7.78. The second kappa shape index (κ2) is 8.57. The number of hydrogen-bond acceptors (Lipinski definition) is 3. The summed E-state index contributed by atoms with van der Waals surface area (Å²) in [4.78, 5) is 21.1. The molecule has 1 amide bonds. The van der Waals surface area contributed by atoms with Crippen LogP contribution in [0, 0.1) is 6.92 Å². The molecular weight excluding hydrogens is 399 g/mol. The summed E-state index contributed by atoms with van der Waals surface area (Å²) < 4.78 is 0. The lowest BCUT2D eigenvalue weighted by Gasteiger charge is -2.36. The van der Waals surface area contributed by atoms with Crippen molar-refractivity contribution in [1.82, 2.24) is 15.1 Å². The Labute approximate surface area is 147 Å². The minimum atomic E-state index is 0. The molecule has 2 heterocycles. The normalized spacial score (nSPS) is 15.7. The van der Waals surface area contributed by atoms with E-state index in [9.17, 15) is 4.79 Å². The number of amides is 1. The van der Waals surface area contributed by atoms with Gasteiger partial charge in [0.25, 0.3) is 0 Å². The number of nitrogens with one attached hydrogen (secondary N) is 1. The number of thiophene rings is 1. The molecule has 0 aliphatic carbocycles. The Bertz CT molecular complexity index is 495. The molecule has 1 aromatic heterocycles. The summed E-state index contributed by atoms with van der Waals surface area (Å²) in [7, 11) is 1.81. The van der Waals surface area contributed by atoms with Gasteiger partial charge >= 0.3 is 0 Å². The van der Waals surface area contributed by atoms with Crippen molar-refractivity contribution in [1.29, 1.82) is 0 Å². The minimum absolute atomic E-state index is 0.